The second-order valence-corrected chi connectivity index (χ2v) is 4.04. The molecule has 0 N–H and O–H groups in total. The van der Waals surface area contributed by atoms with Gasteiger partial charge in [0.25, 0.3) is 0 Å². The molecule has 1 heterocycles. The van der Waals surface area contributed by atoms with Crippen molar-refractivity contribution in [3.8, 4) is 0 Å². The first kappa shape index (κ1) is 14.5. The second-order valence-electron chi connectivity index (χ2n) is 4.04. The summed E-state index contributed by atoms with van der Waals surface area (Å²) in [6, 6.07) is -0.778. The average Bonchev–Trinajstić information content (AvgIpc) is 2.75. The number of alkyl halides is 3. The Labute approximate surface area is 102 Å². The fraction of sp³-hybridized carbons (Fsp3) is 0.636. The third kappa shape index (κ3) is 3.24. The van der Waals surface area contributed by atoms with Crippen LogP contribution in [0.3, 0.4) is 0 Å². The van der Waals surface area contributed by atoms with E-state index in [2.05, 4.69) is 4.74 Å². The third-order valence-electron chi connectivity index (χ3n) is 2.80. The number of carbonyl (C=O) groups excluding carboxylic acids is 2. The van der Waals surface area contributed by atoms with Crippen LogP contribution >= 0.6 is 0 Å². The smallest absolute Gasteiger partial charge is 0.412 e. The summed E-state index contributed by atoms with van der Waals surface area (Å²) >= 11 is 0. The van der Waals surface area contributed by atoms with Gasteiger partial charge in [0, 0.05) is 18.2 Å². The van der Waals surface area contributed by atoms with Crippen molar-refractivity contribution in [1.82, 2.24) is 4.90 Å². The third-order valence-corrected chi connectivity index (χ3v) is 2.80. The van der Waals surface area contributed by atoms with E-state index in [1.807, 2.05) is 0 Å². The summed E-state index contributed by atoms with van der Waals surface area (Å²) in [5.41, 5.74) is -0.983. The average molecular weight is 265 g/mol. The van der Waals surface area contributed by atoms with Crippen molar-refractivity contribution < 1.29 is 27.5 Å². The highest BCUT2D eigenvalue weighted by atomic mass is 19.4. The van der Waals surface area contributed by atoms with Gasteiger partial charge >= 0.3 is 12.1 Å². The molecule has 0 aromatic rings. The van der Waals surface area contributed by atoms with Crippen LogP contribution in [0.4, 0.5) is 13.2 Å². The highest BCUT2D eigenvalue weighted by Crippen LogP contribution is 2.26. The molecule has 0 spiro atoms. The number of methoxy groups -OCH3 is 1. The number of esters is 1. The molecule has 0 aliphatic carbocycles. The van der Waals surface area contributed by atoms with Gasteiger partial charge in [-0.3, -0.25) is 4.79 Å². The lowest BCUT2D eigenvalue weighted by atomic mass is 10.2. The summed E-state index contributed by atoms with van der Waals surface area (Å²) in [7, 11) is 1.18. The number of allylic oxidation sites excluding steroid dienone is 1. The number of amides is 1. The molecule has 102 valence electrons. The monoisotopic (exact) mass is 265 g/mol. The number of likely N-dealkylation sites (tertiary alicyclic amines) is 1. The van der Waals surface area contributed by atoms with Gasteiger partial charge in [0.05, 0.1) is 7.11 Å². The van der Waals surface area contributed by atoms with Gasteiger partial charge in [-0.2, -0.15) is 13.2 Å². The predicted octanol–water partition coefficient (Wildman–Crippen LogP) is 1.66. The minimum atomic E-state index is -4.53. The minimum Gasteiger partial charge on any atom is -0.467 e. The first-order valence-electron chi connectivity index (χ1n) is 5.41. The van der Waals surface area contributed by atoms with Crippen LogP contribution in [-0.2, 0) is 14.3 Å². The Morgan fingerprint density at radius 3 is 2.50 bits per heavy atom. The molecule has 0 saturated carbocycles. The molecule has 7 heteroatoms. The SMILES string of the molecule is COC(=O)C1CCCN1C(=O)/C=C(\C)C(F)(F)F. The number of ether oxygens (including phenoxy) is 1. The highest BCUT2D eigenvalue weighted by Gasteiger charge is 2.36. The molecule has 1 unspecified atom stereocenters. The van der Waals surface area contributed by atoms with E-state index in [9.17, 15) is 22.8 Å². The van der Waals surface area contributed by atoms with E-state index in [1.54, 1.807) is 0 Å². The zero-order chi connectivity index (χ0) is 13.9. The zero-order valence-corrected chi connectivity index (χ0v) is 10.1. The van der Waals surface area contributed by atoms with Crippen LogP contribution in [0, 0.1) is 0 Å². The molecule has 18 heavy (non-hydrogen) atoms. The van der Waals surface area contributed by atoms with E-state index in [-0.39, 0.29) is 6.54 Å². The molecular formula is C11H14F3NO3. The number of nitrogens with zero attached hydrogens (tertiary/aromatic N) is 1. The van der Waals surface area contributed by atoms with Crippen molar-refractivity contribution in [3.05, 3.63) is 11.6 Å². The lowest BCUT2D eigenvalue weighted by molar-refractivity contribution is -0.149. The molecule has 1 amide bonds. The van der Waals surface area contributed by atoms with Crippen LogP contribution in [0.15, 0.2) is 11.6 Å². The van der Waals surface area contributed by atoms with E-state index >= 15 is 0 Å². The standard InChI is InChI=1S/C11H14F3NO3/c1-7(11(12,13)14)6-9(16)15-5-3-4-8(15)10(17)18-2/h6,8H,3-5H2,1-2H3/b7-6+. The second kappa shape index (κ2) is 5.41. The fourth-order valence-corrected chi connectivity index (χ4v) is 1.76. The Bertz CT molecular complexity index is 376. The van der Waals surface area contributed by atoms with Crippen LogP contribution < -0.4 is 0 Å². The van der Waals surface area contributed by atoms with Crippen molar-refractivity contribution >= 4 is 11.9 Å². The maximum Gasteiger partial charge on any atom is 0.412 e. The van der Waals surface area contributed by atoms with Crippen molar-refractivity contribution in [2.75, 3.05) is 13.7 Å². The Kier molecular flexibility index (Phi) is 4.37. The summed E-state index contributed by atoms with van der Waals surface area (Å²) in [5.74, 6) is -1.41. The van der Waals surface area contributed by atoms with Gasteiger partial charge in [0.2, 0.25) is 5.91 Å². The summed E-state index contributed by atoms with van der Waals surface area (Å²) < 4.78 is 41.4. The van der Waals surface area contributed by atoms with E-state index < -0.39 is 29.7 Å². The fourth-order valence-electron chi connectivity index (χ4n) is 1.76. The van der Waals surface area contributed by atoms with Crippen LogP contribution in [0.2, 0.25) is 0 Å². The molecule has 1 atom stereocenters. The molecule has 1 fully saturated rings. The highest BCUT2D eigenvalue weighted by molar-refractivity contribution is 5.92. The molecule has 1 rings (SSSR count). The van der Waals surface area contributed by atoms with Gasteiger partial charge in [-0.15, -0.1) is 0 Å². The number of carbonyl (C=O) groups is 2. The van der Waals surface area contributed by atoms with Gasteiger partial charge in [-0.1, -0.05) is 0 Å². The topological polar surface area (TPSA) is 46.6 Å². The number of hydrogen-bond acceptors (Lipinski definition) is 3. The van der Waals surface area contributed by atoms with Gasteiger partial charge in [0.15, 0.2) is 0 Å². The first-order valence-corrected chi connectivity index (χ1v) is 5.41. The van der Waals surface area contributed by atoms with Crippen LogP contribution in [0.25, 0.3) is 0 Å². The molecule has 1 saturated heterocycles. The normalized spacial score (nSPS) is 21.1. The van der Waals surface area contributed by atoms with Crippen LogP contribution in [0.5, 0.6) is 0 Å². The maximum absolute atomic E-state index is 12.3. The maximum atomic E-state index is 12.3. The zero-order valence-electron chi connectivity index (χ0n) is 10.1. The van der Waals surface area contributed by atoms with E-state index in [4.69, 9.17) is 0 Å². The Morgan fingerprint density at radius 1 is 1.39 bits per heavy atom. The lowest BCUT2D eigenvalue weighted by Crippen LogP contribution is -2.40. The molecule has 0 aromatic carbocycles. The molecule has 0 bridgehead atoms. The Morgan fingerprint density at radius 2 is 2.00 bits per heavy atom. The number of halogens is 3. The summed E-state index contributed by atoms with van der Waals surface area (Å²) in [6.45, 7) is 1.08. The van der Waals surface area contributed by atoms with Gasteiger partial charge in [-0.05, 0) is 19.8 Å². The van der Waals surface area contributed by atoms with Crippen molar-refractivity contribution in [2.45, 2.75) is 32.0 Å². The molecular weight excluding hydrogens is 251 g/mol. The van der Waals surface area contributed by atoms with Gasteiger partial charge < -0.3 is 9.64 Å². The molecule has 1 aliphatic heterocycles. The van der Waals surface area contributed by atoms with E-state index in [0.29, 0.717) is 18.9 Å². The first-order chi connectivity index (χ1) is 8.27. The molecule has 1 aliphatic rings. The number of hydrogen-bond donors (Lipinski definition) is 0. The van der Waals surface area contributed by atoms with Gasteiger partial charge in [0.1, 0.15) is 6.04 Å². The summed E-state index contributed by atoms with van der Waals surface area (Å²) in [4.78, 5) is 24.1. The summed E-state index contributed by atoms with van der Waals surface area (Å²) in [6.07, 6.45) is -3.03. The minimum absolute atomic E-state index is 0.264. The quantitative estimate of drug-likeness (QED) is 0.563. The van der Waals surface area contributed by atoms with Crippen molar-refractivity contribution in [1.29, 1.82) is 0 Å². The van der Waals surface area contributed by atoms with E-state index in [1.165, 1.54) is 7.11 Å². The summed E-state index contributed by atoms with van der Waals surface area (Å²) in [5, 5.41) is 0. The number of rotatable bonds is 2. The predicted molar refractivity (Wildman–Crippen MR) is 56.6 cm³/mol. The molecule has 0 radical (unpaired) electrons. The Balaban J connectivity index is 2.81. The molecule has 0 aromatic heterocycles. The van der Waals surface area contributed by atoms with Crippen molar-refractivity contribution in [2.24, 2.45) is 0 Å². The van der Waals surface area contributed by atoms with Crippen molar-refractivity contribution in [3.63, 3.8) is 0 Å². The molecule has 4 nitrogen and oxygen atoms in total. The van der Waals surface area contributed by atoms with Crippen LogP contribution in [-0.4, -0.2) is 42.6 Å². The largest absolute Gasteiger partial charge is 0.467 e. The van der Waals surface area contributed by atoms with Gasteiger partial charge in [-0.25, -0.2) is 4.79 Å². The van der Waals surface area contributed by atoms with E-state index in [0.717, 1.165) is 11.8 Å². The van der Waals surface area contributed by atoms with Crippen LogP contribution in [0.1, 0.15) is 19.8 Å². The Hall–Kier alpha value is -1.53. The lowest BCUT2D eigenvalue weighted by Gasteiger charge is -2.21.